The average Bonchev–Trinajstić information content (AvgIpc) is 2.56. The number of aromatic nitrogens is 1. The first kappa shape index (κ1) is 13.9. The zero-order valence-electron chi connectivity index (χ0n) is 12.0. The van der Waals surface area contributed by atoms with Crippen molar-refractivity contribution in [1.82, 2.24) is 4.57 Å². The Hall–Kier alpha value is -3.08. The van der Waals surface area contributed by atoms with Crippen LogP contribution >= 0.6 is 0 Å². The standard InChI is InChI=1S/C17H15N3O2/c1-11(19-18)15-16(21)13-9-5-6-10-14(13)20(17(15)22)12-7-3-2-4-8-12/h2-10,21H,18H2,1H3/b19-11+. The van der Waals surface area contributed by atoms with Crippen LogP contribution < -0.4 is 11.4 Å². The topological polar surface area (TPSA) is 80.6 Å². The SMILES string of the molecule is C/C(=N\N)c1c(O)c2ccccc2n(-c2ccccc2)c1=O. The molecule has 3 aromatic rings. The molecule has 1 heterocycles. The van der Waals surface area contributed by atoms with Crippen molar-refractivity contribution in [3.05, 3.63) is 70.5 Å². The van der Waals surface area contributed by atoms with Gasteiger partial charge in [-0.2, -0.15) is 5.10 Å². The number of fused-ring (bicyclic) bond motifs is 1. The monoisotopic (exact) mass is 293 g/mol. The van der Waals surface area contributed by atoms with Gasteiger partial charge in [0.05, 0.1) is 11.2 Å². The molecule has 2 aromatic carbocycles. The van der Waals surface area contributed by atoms with Crippen molar-refractivity contribution in [1.29, 1.82) is 0 Å². The molecule has 5 nitrogen and oxygen atoms in total. The van der Waals surface area contributed by atoms with E-state index in [1.54, 1.807) is 29.7 Å². The molecule has 3 rings (SSSR count). The van der Waals surface area contributed by atoms with Gasteiger partial charge in [0.1, 0.15) is 11.3 Å². The van der Waals surface area contributed by atoms with Crippen molar-refractivity contribution in [2.45, 2.75) is 6.92 Å². The van der Waals surface area contributed by atoms with E-state index >= 15 is 0 Å². The van der Waals surface area contributed by atoms with E-state index in [0.717, 1.165) is 5.69 Å². The normalized spacial score (nSPS) is 11.8. The van der Waals surface area contributed by atoms with Gasteiger partial charge in [0.2, 0.25) is 0 Å². The van der Waals surface area contributed by atoms with E-state index in [1.165, 1.54) is 0 Å². The predicted molar refractivity (Wildman–Crippen MR) is 87.6 cm³/mol. The lowest BCUT2D eigenvalue weighted by molar-refractivity contribution is 0.478. The molecule has 0 unspecified atom stereocenters. The second-order valence-corrected chi connectivity index (χ2v) is 4.93. The first-order valence-electron chi connectivity index (χ1n) is 6.82. The molecule has 0 atom stereocenters. The van der Waals surface area contributed by atoms with Gasteiger partial charge in [-0.1, -0.05) is 30.3 Å². The highest BCUT2D eigenvalue weighted by Gasteiger charge is 2.18. The Morgan fingerprint density at radius 3 is 2.41 bits per heavy atom. The fraction of sp³-hybridized carbons (Fsp3) is 0.0588. The average molecular weight is 293 g/mol. The second-order valence-electron chi connectivity index (χ2n) is 4.93. The third-order valence-corrected chi connectivity index (χ3v) is 3.62. The molecule has 110 valence electrons. The van der Waals surface area contributed by atoms with Crippen LogP contribution in [0.1, 0.15) is 12.5 Å². The minimum absolute atomic E-state index is 0.0977. The van der Waals surface area contributed by atoms with Crippen LogP contribution in [0.2, 0.25) is 0 Å². The molecule has 0 aliphatic rings. The van der Waals surface area contributed by atoms with E-state index in [0.29, 0.717) is 10.9 Å². The molecule has 0 aliphatic carbocycles. The van der Waals surface area contributed by atoms with E-state index in [-0.39, 0.29) is 22.6 Å². The van der Waals surface area contributed by atoms with Crippen LogP contribution in [-0.4, -0.2) is 15.4 Å². The van der Waals surface area contributed by atoms with Gasteiger partial charge in [-0.3, -0.25) is 9.36 Å². The van der Waals surface area contributed by atoms with Crippen LogP contribution in [0.15, 0.2) is 64.5 Å². The van der Waals surface area contributed by atoms with E-state index in [9.17, 15) is 9.90 Å². The fourth-order valence-electron chi connectivity index (χ4n) is 2.55. The van der Waals surface area contributed by atoms with E-state index in [4.69, 9.17) is 5.84 Å². The van der Waals surface area contributed by atoms with Crippen LogP contribution in [0.25, 0.3) is 16.6 Å². The van der Waals surface area contributed by atoms with E-state index in [2.05, 4.69) is 5.10 Å². The molecule has 0 saturated heterocycles. The number of hydrogen-bond acceptors (Lipinski definition) is 4. The number of para-hydroxylation sites is 2. The second kappa shape index (κ2) is 5.37. The number of hydrogen-bond donors (Lipinski definition) is 2. The molecule has 0 radical (unpaired) electrons. The Balaban J connectivity index is 2.54. The molecule has 0 aliphatic heterocycles. The summed E-state index contributed by atoms with van der Waals surface area (Å²) in [6.07, 6.45) is 0. The van der Waals surface area contributed by atoms with Crippen molar-refractivity contribution in [2.24, 2.45) is 10.9 Å². The lowest BCUT2D eigenvalue weighted by atomic mass is 10.1. The Morgan fingerprint density at radius 2 is 1.73 bits per heavy atom. The molecule has 1 aromatic heterocycles. The maximum Gasteiger partial charge on any atom is 0.268 e. The molecule has 22 heavy (non-hydrogen) atoms. The molecule has 3 N–H and O–H groups in total. The summed E-state index contributed by atoms with van der Waals surface area (Å²) < 4.78 is 1.55. The van der Waals surface area contributed by atoms with E-state index < -0.39 is 0 Å². The van der Waals surface area contributed by atoms with Gasteiger partial charge in [0.25, 0.3) is 5.56 Å². The van der Waals surface area contributed by atoms with Crippen molar-refractivity contribution >= 4 is 16.6 Å². The summed E-state index contributed by atoms with van der Waals surface area (Å²) in [5.41, 5.74) is 1.40. The largest absolute Gasteiger partial charge is 0.506 e. The number of hydrazone groups is 1. The lowest BCUT2D eigenvalue weighted by Gasteiger charge is -2.14. The van der Waals surface area contributed by atoms with Crippen LogP contribution in [0, 0.1) is 0 Å². The predicted octanol–water partition coefficient (Wildman–Crippen LogP) is 2.38. The maximum absolute atomic E-state index is 12.9. The zero-order chi connectivity index (χ0) is 15.7. The smallest absolute Gasteiger partial charge is 0.268 e. The Labute approximate surface area is 126 Å². The van der Waals surface area contributed by atoms with Gasteiger partial charge < -0.3 is 10.9 Å². The molecule has 0 bridgehead atoms. The third kappa shape index (κ3) is 2.03. The summed E-state index contributed by atoms with van der Waals surface area (Å²) in [5, 5.41) is 14.6. The Kier molecular flexibility index (Phi) is 3.39. The molecule has 0 amide bonds. The summed E-state index contributed by atoms with van der Waals surface area (Å²) in [5.74, 6) is 5.21. The van der Waals surface area contributed by atoms with Gasteiger partial charge in [-0.25, -0.2) is 0 Å². The van der Waals surface area contributed by atoms with Gasteiger partial charge in [-0.15, -0.1) is 0 Å². The van der Waals surface area contributed by atoms with Crippen LogP contribution in [0.4, 0.5) is 0 Å². The van der Waals surface area contributed by atoms with Gasteiger partial charge >= 0.3 is 0 Å². The van der Waals surface area contributed by atoms with E-state index in [1.807, 2.05) is 36.4 Å². The summed E-state index contributed by atoms with van der Waals surface area (Å²) in [4.78, 5) is 12.9. The van der Waals surface area contributed by atoms with Crippen molar-refractivity contribution in [3.63, 3.8) is 0 Å². The van der Waals surface area contributed by atoms with Crippen molar-refractivity contribution in [3.8, 4) is 11.4 Å². The quantitative estimate of drug-likeness (QED) is 0.432. The van der Waals surface area contributed by atoms with Gasteiger partial charge in [0, 0.05) is 11.1 Å². The summed E-state index contributed by atoms with van der Waals surface area (Å²) in [6.45, 7) is 1.60. The molecule has 0 saturated carbocycles. The Morgan fingerprint density at radius 1 is 1.09 bits per heavy atom. The zero-order valence-corrected chi connectivity index (χ0v) is 12.0. The number of rotatable bonds is 2. The van der Waals surface area contributed by atoms with Gasteiger partial charge in [-0.05, 0) is 31.2 Å². The highest BCUT2D eigenvalue weighted by Crippen LogP contribution is 2.28. The molecule has 0 spiro atoms. The summed E-state index contributed by atoms with van der Waals surface area (Å²) >= 11 is 0. The first-order chi connectivity index (χ1) is 10.6. The number of benzene rings is 2. The van der Waals surface area contributed by atoms with Crippen LogP contribution in [0.5, 0.6) is 5.75 Å². The molecular formula is C17H15N3O2. The minimum Gasteiger partial charge on any atom is -0.506 e. The highest BCUT2D eigenvalue weighted by atomic mass is 16.3. The first-order valence-corrected chi connectivity index (χ1v) is 6.82. The van der Waals surface area contributed by atoms with Gasteiger partial charge in [0.15, 0.2) is 0 Å². The molecule has 0 fully saturated rings. The fourth-order valence-corrected chi connectivity index (χ4v) is 2.55. The molecular weight excluding hydrogens is 278 g/mol. The third-order valence-electron chi connectivity index (χ3n) is 3.62. The lowest BCUT2D eigenvalue weighted by Crippen LogP contribution is -2.25. The van der Waals surface area contributed by atoms with Crippen LogP contribution in [0.3, 0.4) is 0 Å². The van der Waals surface area contributed by atoms with Crippen molar-refractivity contribution < 1.29 is 5.11 Å². The number of pyridine rings is 1. The Bertz CT molecular complexity index is 928. The molecule has 5 heteroatoms. The van der Waals surface area contributed by atoms with Crippen LogP contribution in [-0.2, 0) is 0 Å². The summed E-state index contributed by atoms with van der Waals surface area (Å²) in [6, 6.07) is 16.4. The minimum atomic E-state index is -0.353. The number of aromatic hydroxyl groups is 1. The van der Waals surface area contributed by atoms with Crippen molar-refractivity contribution in [2.75, 3.05) is 0 Å². The number of nitrogens with zero attached hydrogens (tertiary/aromatic N) is 2. The highest BCUT2D eigenvalue weighted by molar-refractivity contribution is 6.05. The summed E-state index contributed by atoms with van der Waals surface area (Å²) in [7, 11) is 0. The number of nitrogens with two attached hydrogens (primary N) is 1. The maximum atomic E-state index is 12.9.